The van der Waals surface area contributed by atoms with E-state index >= 15 is 0 Å². The summed E-state index contributed by atoms with van der Waals surface area (Å²) < 4.78 is 15.9. The molecule has 0 aromatic carbocycles. The number of carbonyl (C=O) groups is 1. The van der Waals surface area contributed by atoms with Gasteiger partial charge in [0, 0.05) is 37.1 Å². The fourth-order valence-electron chi connectivity index (χ4n) is 2.91. The van der Waals surface area contributed by atoms with E-state index in [0.29, 0.717) is 11.0 Å². The van der Waals surface area contributed by atoms with Gasteiger partial charge in [0.15, 0.2) is 22.6 Å². The number of hydrogen-bond acceptors (Lipinski definition) is 5. The van der Waals surface area contributed by atoms with Gasteiger partial charge in [0.2, 0.25) is 0 Å². The molecule has 2 aromatic heterocycles. The van der Waals surface area contributed by atoms with Crippen LogP contribution >= 0.6 is 11.8 Å². The molecule has 7 heteroatoms. The highest BCUT2D eigenvalue weighted by Crippen LogP contribution is 2.24. The second-order valence-corrected chi connectivity index (χ2v) is 7.02. The van der Waals surface area contributed by atoms with Crippen LogP contribution in [-0.4, -0.2) is 39.2 Å². The molecule has 1 fully saturated rings. The quantitative estimate of drug-likeness (QED) is 0.472. The van der Waals surface area contributed by atoms with E-state index in [4.69, 9.17) is 0 Å². The Morgan fingerprint density at radius 2 is 2.04 bits per heavy atom. The lowest BCUT2D eigenvalue weighted by Crippen LogP contribution is -2.21. The van der Waals surface area contributed by atoms with Crippen molar-refractivity contribution in [3.8, 4) is 0 Å². The zero-order chi connectivity index (χ0) is 17.3. The van der Waals surface area contributed by atoms with Crippen LogP contribution < -0.4 is 4.90 Å². The molecule has 0 atom stereocenters. The zero-order valence-corrected chi connectivity index (χ0v) is 15.0. The molecule has 0 saturated carbocycles. The molecule has 1 aliphatic rings. The number of anilines is 1. The van der Waals surface area contributed by atoms with E-state index in [-0.39, 0.29) is 11.5 Å². The Balaban J connectivity index is 1.71. The van der Waals surface area contributed by atoms with E-state index in [9.17, 15) is 9.18 Å². The van der Waals surface area contributed by atoms with Crippen LogP contribution in [0.15, 0.2) is 17.4 Å². The van der Waals surface area contributed by atoms with E-state index < -0.39 is 5.82 Å². The molecule has 0 unspecified atom stereocenters. The van der Waals surface area contributed by atoms with E-state index in [0.717, 1.165) is 42.9 Å². The van der Waals surface area contributed by atoms with Crippen LogP contribution in [0.3, 0.4) is 0 Å². The maximum Gasteiger partial charge on any atom is 0.190 e. The number of ketones is 1. The summed E-state index contributed by atoms with van der Waals surface area (Å²) in [5, 5.41) is 0.442. The van der Waals surface area contributed by atoms with Gasteiger partial charge in [-0.05, 0) is 32.8 Å². The van der Waals surface area contributed by atoms with Crippen molar-refractivity contribution >= 4 is 23.4 Å². The first-order valence-electron chi connectivity index (χ1n) is 8.03. The minimum atomic E-state index is -0.401. The van der Waals surface area contributed by atoms with Gasteiger partial charge in [-0.15, -0.1) is 0 Å². The van der Waals surface area contributed by atoms with E-state index in [1.165, 1.54) is 18.0 Å². The van der Waals surface area contributed by atoms with Crippen molar-refractivity contribution < 1.29 is 9.18 Å². The molecule has 1 saturated heterocycles. The van der Waals surface area contributed by atoms with Gasteiger partial charge >= 0.3 is 0 Å². The lowest BCUT2D eigenvalue weighted by molar-refractivity contribution is 0.102. The lowest BCUT2D eigenvalue weighted by Gasteiger charge is -2.17. The SMILES string of the molecule is Cc1cc(C(=O)CSc2ncc(F)c(N3CCCC3)n2)c(C)n1C. The lowest BCUT2D eigenvalue weighted by atomic mass is 10.2. The van der Waals surface area contributed by atoms with E-state index in [1.54, 1.807) is 0 Å². The highest BCUT2D eigenvalue weighted by atomic mass is 32.2. The fraction of sp³-hybridized carbons (Fsp3) is 0.471. The monoisotopic (exact) mass is 348 g/mol. The van der Waals surface area contributed by atoms with Crippen molar-refractivity contribution in [3.63, 3.8) is 0 Å². The Kier molecular flexibility index (Phi) is 4.89. The van der Waals surface area contributed by atoms with Crippen molar-refractivity contribution in [2.24, 2.45) is 7.05 Å². The van der Waals surface area contributed by atoms with Crippen molar-refractivity contribution in [2.45, 2.75) is 31.8 Å². The first-order chi connectivity index (χ1) is 11.5. The molecule has 2 aromatic rings. The summed E-state index contributed by atoms with van der Waals surface area (Å²) in [6.07, 6.45) is 3.31. The number of halogens is 1. The molecule has 5 nitrogen and oxygen atoms in total. The largest absolute Gasteiger partial charge is 0.354 e. The van der Waals surface area contributed by atoms with Crippen LogP contribution in [0.4, 0.5) is 10.2 Å². The van der Waals surface area contributed by atoms with Gasteiger partial charge in [0.05, 0.1) is 11.9 Å². The molecule has 24 heavy (non-hydrogen) atoms. The smallest absolute Gasteiger partial charge is 0.190 e. The van der Waals surface area contributed by atoms with Crippen molar-refractivity contribution in [3.05, 3.63) is 35.0 Å². The maximum atomic E-state index is 13.9. The number of carbonyl (C=O) groups excluding carboxylic acids is 1. The van der Waals surface area contributed by atoms with Crippen LogP contribution in [0.5, 0.6) is 0 Å². The van der Waals surface area contributed by atoms with Gasteiger partial charge < -0.3 is 9.47 Å². The summed E-state index contributed by atoms with van der Waals surface area (Å²) in [5.74, 6) is 0.234. The molecular weight excluding hydrogens is 327 g/mol. The Labute approximate surface area is 145 Å². The maximum absolute atomic E-state index is 13.9. The molecule has 0 bridgehead atoms. The molecule has 0 N–H and O–H groups in total. The Hall–Kier alpha value is -1.89. The Bertz CT molecular complexity index is 768. The summed E-state index contributed by atoms with van der Waals surface area (Å²) in [6, 6.07) is 1.90. The average molecular weight is 348 g/mol. The predicted molar refractivity (Wildman–Crippen MR) is 93.4 cm³/mol. The molecular formula is C17H21FN4OS. The Morgan fingerprint density at radius 1 is 1.33 bits per heavy atom. The van der Waals surface area contributed by atoms with Crippen LogP contribution in [0.25, 0.3) is 0 Å². The summed E-state index contributed by atoms with van der Waals surface area (Å²) in [7, 11) is 1.94. The fourth-order valence-corrected chi connectivity index (χ4v) is 3.60. The minimum Gasteiger partial charge on any atom is -0.354 e. The molecule has 128 valence electrons. The van der Waals surface area contributed by atoms with Crippen molar-refractivity contribution in [1.29, 1.82) is 0 Å². The third-order valence-corrected chi connectivity index (χ3v) is 5.38. The highest BCUT2D eigenvalue weighted by molar-refractivity contribution is 7.99. The number of thioether (sulfide) groups is 1. The van der Waals surface area contributed by atoms with Crippen LogP contribution in [0.1, 0.15) is 34.6 Å². The van der Waals surface area contributed by atoms with Crippen LogP contribution in [-0.2, 0) is 7.05 Å². The minimum absolute atomic E-state index is 0.0387. The predicted octanol–water partition coefficient (Wildman–Crippen LogP) is 3.15. The second-order valence-electron chi connectivity index (χ2n) is 6.07. The van der Waals surface area contributed by atoms with E-state index in [1.807, 2.05) is 36.4 Å². The third-order valence-electron chi connectivity index (χ3n) is 4.52. The number of Topliss-reactive ketones (excluding diaryl/α,β-unsaturated/α-hetero) is 1. The number of aryl methyl sites for hydroxylation is 1. The molecule has 1 aliphatic heterocycles. The van der Waals surface area contributed by atoms with Crippen molar-refractivity contribution in [2.75, 3.05) is 23.7 Å². The molecule has 0 aliphatic carbocycles. The van der Waals surface area contributed by atoms with Gasteiger partial charge in [-0.3, -0.25) is 4.79 Å². The van der Waals surface area contributed by atoms with Gasteiger partial charge in [-0.1, -0.05) is 11.8 Å². The number of nitrogens with zero attached hydrogens (tertiary/aromatic N) is 4. The summed E-state index contributed by atoms with van der Waals surface area (Å²) in [4.78, 5) is 22.7. The Morgan fingerprint density at radius 3 is 2.67 bits per heavy atom. The standard InChI is InChI=1S/C17H21FN4OS/c1-11-8-13(12(2)21(11)3)15(23)10-24-17-19-9-14(18)16(20-17)22-6-4-5-7-22/h8-9H,4-7,10H2,1-3H3. The number of aromatic nitrogens is 3. The molecule has 0 radical (unpaired) electrons. The first-order valence-corrected chi connectivity index (χ1v) is 9.02. The normalized spacial score (nSPS) is 14.4. The number of rotatable bonds is 5. The topological polar surface area (TPSA) is 51.0 Å². The average Bonchev–Trinajstić information content (AvgIpc) is 3.18. The van der Waals surface area contributed by atoms with Gasteiger partial charge in [0.25, 0.3) is 0 Å². The van der Waals surface area contributed by atoms with Crippen LogP contribution in [0, 0.1) is 19.7 Å². The van der Waals surface area contributed by atoms with Crippen molar-refractivity contribution in [1.82, 2.24) is 14.5 Å². The van der Waals surface area contributed by atoms with Gasteiger partial charge in [-0.2, -0.15) is 0 Å². The zero-order valence-electron chi connectivity index (χ0n) is 14.2. The summed E-state index contributed by atoms with van der Waals surface area (Å²) in [5.41, 5.74) is 2.73. The molecule has 0 amide bonds. The van der Waals surface area contributed by atoms with Gasteiger partial charge in [-0.25, -0.2) is 14.4 Å². The highest BCUT2D eigenvalue weighted by Gasteiger charge is 2.20. The van der Waals surface area contributed by atoms with E-state index in [2.05, 4.69) is 9.97 Å². The van der Waals surface area contributed by atoms with Gasteiger partial charge in [0.1, 0.15) is 0 Å². The molecule has 0 spiro atoms. The molecule has 3 rings (SSSR count). The third kappa shape index (κ3) is 3.31. The summed E-state index contributed by atoms with van der Waals surface area (Å²) >= 11 is 1.25. The second kappa shape index (κ2) is 6.93. The number of hydrogen-bond donors (Lipinski definition) is 0. The van der Waals surface area contributed by atoms with Crippen LogP contribution in [0.2, 0.25) is 0 Å². The summed E-state index contributed by atoms with van der Waals surface area (Å²) in [6.45, 7) is 5.55. The molecule has 3 heterocycles. The first kappa shape index (κ1) is 17.0.